The Morgan fingerprint density at radius 2 is 1.89 bits per heavy atom. The third-order valence-electron chi connectivity index (χ3n) is 4.18. The fraction of sp³-hybridized carbons (Fsp3) is 0.350. The van der Waals surface area contributed by atoms with Crippen molar-refractivity contribution in [3.63, 3.8) is 0 Å². The molecule has 2 aromatic heterocycles. The highest BCUT2D eigenvalue weighted by Crippen LogP contribution is 2.30. The summed E-state index contributed by atoms with van der Waals surface area (Å²) in [6.07, 6.45) is 4.36. The monoisotopic (exact) mass is 384 g/mol. The lowest BCUT2D eigenvalue weighted by Crippen LogP contribution is -2.30. The standard InChI is InChI=1S/C16H16FN5.C4H9NO/c1-2-9-22-10-20-14(11-3-5-12(17)6-4-11)15(22)13-7-8-19-16(18)21-13;1-3-6-4-2-5-1/h3-8,10H,2,9H2,1H3,(H2,18,19,21);5H,1-4H2. The van der Waals surface area contributed by atoms with E-state index in [0.29, 0.717) is 5.69 Å². The number of imidazole rings is 1. The normalized spacial score (nSPS) is 13.6. The molecule has 1 saturated heterocycles. The van der Waals surface area contributed by atoms with Crippen LogP contribution in [0.3, 0.4) is 0 Å². The van der Waals surface area contributed by atoms with Crippen molar-refractivity contribution < 1.29 is 9.13 Å². The zero-order valence-electron chi connectivity index (χ0n) is 15.9. The molecule has 0 radical (unpaired) electrons. The summed E-state index contributed by atoms with van der Waals surface area (Å²) >= 11 is 0. The van der Waals surface area contributed by atoms with Gasteiger partial charge in [-0.25, -0.2) is 19.3 Å². The second-order valence-corrected chi connectivity index (χ2v) is 6.30. The van der Waals surface area contributed by atoms with E-state index in [1.54, 1.807) is 30.7 Å². The van der Waals surface area contributed by atoms with Gasteiger partial charge in [0.05, 0.1) is 36.6 Å². The molecule has 8 heteroatoms. The van der Waals surface area contributed by atoms with Gasteiger partial charge in [-0.15, -0.1) is 0 Å². The molecule has 7 nitrogen and oxygen atoms in total. The first-order valence-electron chi connectivity index (χ1n) is 9.37. The molecule has 3 aromatic rings. The van der Waals surface area contributed by atoms with Gasteiger partial charge in [-0.1, -0.05) is 6.92 Å². The van der Waals surface area contributed by atoms with Crippen molar-refractivity contribution in [2.45, 2.75) is 19.9 Å². The predicted molar refractivity (Wildman–Crippen MR) is 107 cm³/mol. The minimum absolute atomic E-state index is 0.215. The molecular formula is C20H25FN6O. The summed E-state index contributed by atoms with van der Waals surface area (Å²) in [5, 5.41) is 3.16. The lowest BCUT2D eigenvalue weighted by Gasteiger charge is -2.10. The van der Waals surface area contributed by atoms with E-state index in [2.05, 4.69) is 27.2 Å². The van der Waals surface area contributed by atoms with E-state index in [1.807, 2.05) is 4.57 Å². The van der Waals surface area contributed by atoms with Gasteiger partial charge in [0.15, 0.2) is 0 Å². The molecule has 1 aromatic carbocycles. The molecule has 148 valence electrons. The third kappa shape index (κ3) is 5.11. The Morgan fingerprint density at radius 1 is 1.14 bits per heavy atom. The molecule has 28 heavy (non-hydrogen) atoms. The van der Waals surface area contributed by atoms with Crippen LogP contribution in [-0.2, 0) is 11.3 Å². The molecule has 0 saturated carbocycles. The van der Waals surface area contributed by atoms with Gasteiger partial charge < -0.3 is 20.4 Å². The number of hydrogen-bond donors (Lipinski definition) is 2. The number of nitrogens with two attached hydrogens (primary N) is 1. The Hall–Kier alpha value is -2.84. The number of aryl methyl sites for hydroxylation is 1. The van der Waals surface area contributed by atoms with Gasteiger partial charge in [0.1, 0.15) is 5.82 Å². The Kier molecular flexibility index (Phi) is 7.05. The number of aromatic nitrogens is 4. The highest BCUT2D eigenvalue weighted by atomic mass is 19.1. The van der Waals surface area contributed by atoms with Crippen LogP contribution >= 0.6 is 0 Å². The summed E-state index contributed by atoms with van der Waals surface area (Å²) in [4.78, 5) is 12.7. The van der Waals surface area contributed by atoms with E-state index in [9.17, 15) is 4.39 Å². The first kappa shape index (κ1) is 19.9. The third-order valence-corrected chi connectivity index (χ3v) is 4.18. The van der Waals surface area contributed by atoms with Gasteiger partial charge in [-0.2, -0.15) is 0 Å². The number of nitrogens with zero attached hydrogens (tertiary/aromatic N) is 4. The van der Waals surface area contributed by atoms with Crippen LogP contribution in [0.5, 0.6) is 0 Å². The largest absolute Gasteiger partial charge is 0.379 e. The van der Waals surface area contributed by atoms with Crippen molar-refractivity contribution in [2.24, 2.45) is 0 Å². The second kappa shape index (κ2) is 9.91. The van der Waals surface area contributed by atoms with Gasteiger partial charge in [-0.3, -0.25) is 0 Å². The minimum atomic E-state index is -0.274. The van der Waals surface area contributed by atoms with Crippen LogP contribution in [-0.4, -0.2) is 45.8 Å². The maximum absolute atomic E-state index is 13.1. The maximum Gasteiger partial charge on any atom is 0.220 e. The lowest BCUT2D eigenvalue weighted by atomic mass is 10.1. The predicted octanol–water partition coefficient (Wildman–Crippen LogP) is 2.74. The van der Waals surface area contributed by atoms with Crippen molar-refractivity contribution in [2.75, 3.05) is 32.0 Å². The smallest absolute Gasteiger partial charge is 0.220 e. The van der Waals surface area contributed by atoms with Crippen LogP contribution in [0.4, 0.5) is 10.3 Å². The first-order chi connectivity index (χ1) is 13.7. The van der Waals surface area contributed by atoms with Crippen LogP contribution in [0, 0.1) is 5.82 Å². The Bertz CT molecular complexity index is 865. The van der Waals surface area contributed by atoms with E-state index < -0.39 is 0 Å². The SMILES string of the molecule is C1COCCN1.CCCn1cnc(-c2ccc(F)cc2)c1-c1ccnc(N)n1. The molecule has 3 heterocycles. The van der Waals surface area contributed by atoms with Gasteiger partial charge in [0.2, 0.25) is 5.95 Å². The van der Waals surface area contributed by atoms with Gasteiger partial charge >= 0.3 is 0 Å². The molecule has 0 unspecified atom stereocenters. The van der Waals surface area contributed by atoms with Crippen LogP contribution in [0.15, 0.2) is 42.9 Å². The molecular weight excluding hydrogens is 359 g/mol. The number of hydrogen-bond acceptors (Lipinski definition) is 6. The topological polar surface area (TPSA) is 90.9 Å². The summed E-state index contributed by atoms with van der Waals surface area (Å²) in [6.45, 7) is 6.74. The van der Waals surface area contributed by atoms with Gasteiger partial charge in [0, 0.05) is 31.4 Å². The molecule has 0 spiro atoms. The number of benzene rings is 1. The fourth-order valence-electron chi connectivity index (χ4n) is 2.90. The molecule has 0 bridgehead atoms. The summed E-state index contributed by atoms with van der Waals surface area (Å²) in [5.74, 6) is -0.0589. The fourth-order valence-corrected chi connectivity index (χ4v) is 2.90. The number of halogens is 1. The molecule has 4 rings (SSSR count). The van der Waals surface area contributed by atoms with E-state index >= 15 is 0 Å². The number of nitrogen functional groups attached to an aromatic ring is 1. The molecule has 1 aliphatic rings. The molecule has 0 amide bonds. The van der Waals surface area contributed by atoms with Crippen molar-refractivity contribution >= 4 is 5.95 Å². The maximum atomic E-state index is 13.1. The average Bonchev–Trinajstić information content (AvgIpc) is 3.14. The summed E-state index contributed by atoms with van der Waals surface area (Å²) in [6, 6.07) is 8.06. The van der Waals surface area contributed by atoms with Crippen molar-refractivity contribution in [3.8, 4) is 22.6 Å². The van der Waals surface area contributed by atoms with Crippen LogP contribution in [0.1, 0.15) is 13.3 Å². The van der Waals surface area contributed by atoms with E-state index in [0.717, 1.165) is 56.2 Å². The minimum Gasteiger partial charge on any atom is -0.379 e. The zero-order chi connectivity index (χ0) is 19.8. The van der Waals surface area contributed by atoms with Gasteiger partial charge in [0.25, 0.3) is 0 Å². The summed E-state index contributed by atoms with van der Waals surface area (Å²) in [7, 11) is 0. The summed E-state index contributed by atoms with van der Waals surface area (Å²) < 4.78 is 20.2. The number of anilines is 1. The average molecular weight is 384 g/mol. The Labute approximate surface area is 163 Å². The molecule has 0 atom stereocenters. The number of ether oxygens (including phenoxy) is 1. The zero-order valence-corrected chi connectivity index (χ0v) is 15.9. The Balaban J connectivity index is 0.000000320. The van der Waals surface area contributed by atoms with E-state index in [4.69, 9.17) is 10.5 Å². The molecule has 1 aliphatic heterocycles. The van der Waals surface area contributed by atoms with Crippen LogP contribution in [0.25, 0.3) is 22.6 Å². The highest BCUT2D eigenvalue weighted by Gasteiger charge is 2.16. The second-order valence-electron chi connectivity index (χ2n) is 6.30. The first-order valence-corrected chi connectivity index (χ1v) is 9.37. The number of morpholine rings is 1. The highest BCUT2D eigenvalue weighted by molar-refractivity contribution is 5.77. The molecule has 3 N–H and O–H groups in total. The summed E-state index contributed by atoms with van der Waals surface area (Å²) in [5.41, 5.74) is 8.86. The Morgan fingerprint density at radius 3 is 2.46 bits per heavy atom. The molecule has 0 aliphatic carbocycles. The van der Waals surface area contributed by atoms with Crippen molar-refractivity contribution in [3.05, 3.63) is 48.7 Å². The quantitative estimate of drug-likeness (QED) is 0.719. The van der Waals surface area contributed by atoms with Crippen LogP contribution in [0.2, 0.25) is 0 Å². The van der Waals surface area contributed by atoms with E-state index in [1.165, 1.54) is 12.1 Å². The van der Waals surface area contributed by atoms with Gasteiger partial charge in [-0.05, 0) is 36.8 Å². The van der Waals surface area contributed by atoms with Crippen molar-refractivity contribution in [1.82, 2.24) is 24.8 Å². The number of nitrogens with one attached hydrogen (secondary N) is 1. The van der Waals surface area contributed by atoms with Crippen LogP contribution < -0.4 is 11.1 Å². The van der Waals surface area contributed by atoms with Crippen molar-refractivity contribution in [1.29, 1.82) is 0 Å². The van der Waals surface area contributed by atoms with E-state index in [-0.39, 0.29) is 11.8 Å². The molecule has 1 fully saturated rings. The number of rotatable bonds is 4. The lowest BCUT2D eigenvalue weighted by molar-refractivity contribution is 0.109.